The minimum absolute atomic E-state index is 0.0191. The van der Waals surface area contributed by atoms with Crippen molar-refractivity contribution in [2.75, 3.05) is 0 Å². The third kappa shape index (κ3) is 5.05. The van der Waals surface area contributed by atoms with Crippen LogP contribution in [0.2, 0.25) is 0 Å². The van der Waals surface area contributed by atoms with E-state index in [-0.39, 0.29) is 10.8 Å². The van der Waals surface area contributed by atoms with Crippen LogP contribution in [-0.2, 0) is 16.8 Å². The van der Waals surface area contributed by atoms with E-state index < -0.39 is 0 Å². The molecule has 0 aromatic carbocycles. The zero-order valence-corrected chi connectivity index (χ0v) is 13.3. The fraction of sp³-hybridized carbons (Fsp3) is 0.529. The zero-order chi connectivity index (χ0) is 15.4. The Bertz CT molecular complexity index is 537. The van der Waals surface area contributed by atoms with Gasteiger partial charge in [-0.3, -0.25) is 9.78 Å². The maximum absolute atomic E-state index is 10.5. The van der Waals surface area contributed by atoms with Gasteiger partial charge >= 0.3 is 0 Å². The van der Waals surface area contributed by atoms with Crippen LogP contribution in [0, 0.1) is 17.3 Å². The number of hydrogen-bond acceptors (Lipinski definition) is 2. The summed E-state index contributed by atoms with van der Waals surface area (Å²) in [6.07, 6.45) is 2.50. The molecule has 0 unspecified atom stereocenters. The summed E-state index contributed by atoms with van der Waals surface area (Å²) in [7, 11) is 0. The lowest BCUT2D eigenvalue weighted by molar-refractivity contribution is -0.109. The number of pyridine rings is 1. The molecule has 1 rings (SSSR count). The molecule has 0 fully saturated rings. The number of nitrogens with zero attached hydrogens (tertiary/aromatic N) is 1. The van der Waals surface area contributed by atoms with Gasteiger partial charge in [0.1, 0.15) is 0 Å². The van der Waals surface area contributed by atoms with Crippen LogP contribution in [0.5, 0.6) is 0 Å². The summed E-state index contributed by atoms with van der Waals surface area (Å²) >= 11 is 0. The molecule has 3 nitrogen and oxygen atoms in total. The Morgan fingerprint density at radius 2 is 1.90 bits per heavy atom. The van der Waals surface area contributed by atoms with Crippen molar-refractivity contribution in [2.45, 2.75) is 53.5 Å². The number of carbonyl (C=O) groups excluding carboxylic acids is 1. The predicted molar refractivity (Wildman–Crippen MR) is 82.2 cm³/mol. The normalized spacial score (nSPS) is 11.5. The molecule has 0 saturated carbocycles. The zero-order valence-electron chi connectivity index (χ0n) is 13.3. The molecule has 0 atom stereocenters. The molecule has 0 saturated heterocycles. The van der Waals surface area contributed by atoms with Crippen molar-refractivity contribution in [3.63, 3.8) is 0 Å². The van der Waals surface area contributed by atoms with E-state index in [2.05, 4.69) is 63.7 Å². The quantitative estimate of drug-likeness (QED) is 0.679. The summed E-state index contributed by atoms with van der Waals surface area (Å²) in [6.45, 7) is 13.1. The number of nitrogens with one attached hydrogen (secondary N) is 1. The van der Waals surface area contributed by atoms with Gasteiger partial charge in [-0.05, 0) is 26.8 Å². The van der Waals surface area contributed by atoms with E-state index in [1.54, 1.807) is 0 Å². The first-order valence-corrected chi connectivity index (χ1v) is 6.83. The highest BCUT2D eigenvalue weighted by Crippen LogP contribution is 2.22. The largest absolute Gasteiger partial charge is 0.354 e. The average molecular weight is 272 g/mol. The van der Waals surface area contributed by atoms with E-state index in [4.69, 9.17) is 0 Å². The Labute approximate surface area is 122 Å². The van der Waals surface area contributed by atoms with Gasteiger partial charge in [-0.2, -0.15) is 0 Å². The van der Waals surface area contributed by atoms with Gasteiger partial charge in [0.15, 0.2) is 0 Å². The molecule has 1 heterocycles. The summed E-state index contributed by atoms with van der Waals surface area (Å²) < 4.78 is 0. The number of aromatic nitrogens is 1. The van der Waals surface area contributed by atoms with Crippen molar-refractivity contribution < 1.29 is 4.79 Å². The van der Waals surface area contributed by atoms with Crippen LogP contribution in [-0.4, -0.2) is 11.4 Å². The molecule has 0 aliphatic carbocycles. The topological polar surface area (TPSA) is 42.0 Å². The molecule has 0 radical (unpaired) electrons. The maximum Gasteiger partial charge on any atom is 0.207 e. The molecular weight excluding hydrogens is 248 g/mol. The fourth-order valence-corrected chi connectivity index (χ4v) is 1.56. The van der Waals surface area contributed by atoms with Crippen LogP contribution in [0.1, 0.15) is 58.4 Å². The predicted octanol–water partition coefficient (Wildman–Crippen LogP) is 3.02. The van der Waals surface area contributed by atoms with Gasteiger partial charge in [0.05, 0.1) is 0 Å². The minimum Gasteiger partial charge on any atom is -0.354 e. The van der Waals surface area contributed by atoms with Gasteiger partial charge in [-0.1, -0.05) is 32.6 Å². The van der Waals surface area contributed by atoms with Crippen molar-refractivity contribution in [3.8, 4) is 11.8 Å². The highest BCUT2D eigenvalue weighted by molar-refractivity contribution is 5.48. The Hall–Kier alpha value is -1.82. The Kier molecular flexibility index (Phi) is 4.94. The molecule has 1 amide bonds. The van der Waals surface area contributed by atoms with Gasteiger partial charge in [-0.15, -0.1) is 0 Å². The van der Waals surface area contributed by atoms with E-state index in [9.17, 15) is 4.79 Å². The summed E-state index contributed by atoms with van der Waals surface area (Å²) in [5.41, 5.74) is 2.82. The van der Waals surface area contributed by atoms with Crippen molar-refractivity contribution >= 4 is 6.41 Å². The minimum atomic E-state index is -0.0550. The van der Waals surface area contributed by atoms with Crippen LogP contribution in [0.25, 0.3) is 0 Å². The molecule has 1 N–H and O–H groups in total. The lowest BCUT2D eigenvalue weighted by Crippen LogP contribution is -2.16. The van der Waals surface area contributed by atoms with Crippen LogP contribution >= 0.6 is 0 Å². The highest BCUT2D eigenvalue weighted by atomic mass is 16.1. The third-order valence-electron chi connectivity index (χ3n) is 2.70. The first-order valence-electron chi connectivity index (χ1n) is 6.83. The monoisotopic (exact) mass is 272 g/mol. The van der Waals surface area contributed by atoms with E-state index in [1.807, 2.05) is 12.3 Å². The Balaban J connectivity index is 3.25. The van der Waals surface area contributed by atoms with E-state index in [1.165, 1.54) is 0 Å². The van der Waals surface area contributed by atoms with Gasteiger partial charge in [0.25, 0.3) is 0 Å². The lowest BCUT2D eigenvalue weighted by atomic mass is 9.89. The maximum atomic E-state index is 10.5. The van der Waals surface area contributed by atoms with Crippen LogP contribution < -0.4 is 5.32 Å². The van der Waals surface area contributed by atoms with Crippen molar-refractivity contribution in [2.24, 2.45) is 5.41 Å². The Morgan fingerprint density at radius 3 is 2.40 bits per heavy atom. The molecule has 3 heteroatoms. The molecule has 1 aromatic rings. The first-order chi connectivity index (χ1) is 9.13. The number of amides is 1. The molecule has 1 aromatic heterocycles. The molecule has 20 heavy (non-hydrogen) atoms. The highest BCUT2D eigenvalue weighted by Gasteiger charge is 2.17. The molecule has 0 bridgehead atoms. The van der Waals surface area contributed by atoms with Gasteiger partial charge in [-0.25, -0.2) is 0 Å². The number of rotatable bonds is 3. The van der Waals surface area contributed by atoms with E-state index in [0.29, 0.717) is 13.0 Å². The molecule has 108 valence electrons. The second-order valence-corrected chi connectivity index (χ2v) is 6.98. The van der Waals surface area contributed by atoms with Gasteiger partial charge < -0.3 is 5.32 Å². The average Bonchev–Trinajstić information content (AvgIpc) is 2.32. The fourth-order valence-electron chi connectivity index (χ4n) is 1.56. The molecule has 0 spiro atoms. The lowest BCUT2D eigenvalue weighted by Gasteiger charge is -2.19. The van der Waals surface area contributed by atoms with Crippen molar-refractivity contribution in [3.05, 3.63) is 29.1 Å². The van der Waals surface area contributed by atoms with Crippen LogP contribution in [0.3, 0.4) is 0 Å². The standard InChI is InChI=1S/C17H24N2O/c1-16(2,3)8-7-13-9-15(17(4,5)6)19-11-14(13)10-18-12-20/h9,11-12H,10H2,1-6H3,(H,18,20). The summed E-state index contributed by atoms with van der Waals surface area (Å²) in [5, 5.41) is 2.67. The molecule has 0 aliphatic heterocycles. The van der Waals surface area contributed by atoms with Crippen LogP contribution in [0.4, 0.5) is 0 Å². The molecule has 0 aliphatic rings. The second-order valence-electron chi connectivity index (χ2n) is 6.98. The van der Waals surface area contributed by atoms with Crippen LogP contribution in [0.15, 0.2) is 12.3 Å². The Morgan fingerprint density at radius 1 is 1.25 bits per heavy atom. The third-order valence-corrected chi connectivity index (χ3v) is 2.70. The first kappa shape index (κ1) is 16.2. The van der Waals surface area contributed by atoms with E-state index in [0.717, 1.165) is 16.8 Å². The second kappa shape index (κ2) is 6.09. The summed E-state index contributed by atoms with van der Waals surface area (Å²) in [4.78, 5) is 14.9. The van der Waals surface area contributed by atoms with Gasteiger partial charge in [0.2, 0.25) is 6.41 Å². The number of hydrogen-bond donors (Lipinski definition) is 1. The van der Waals surface area contributed by atoms with Crippen molar-refractivity contribution in [1.29, 1.82) is 0 Å². The molecular formula is C17H24N2O. The van der Waals surface area contributed by atoms with Crippen molar-refractivity contribution in [1.82, 2.24) is 10.3 Å². The van der Waals surface area contributed by atoms with E-state index >= 15 is 0 Å². The van der Waals surface area contributed by atoms with Gasteiger partial charge in [0, 0.05) is 40.4 Å². The summed E-state index contributed by atoms with van der Waals surface area (Å²) in [6, 6.07) is 2.03. The smallest absolute Gasteiger partial charge is 0.207 e. The number of carbonyl (C=O) groups is 1. The SMILES string of the molecule is CC(C)(C)C#Cc1cc(C(C)(C)C)ncc1CNC=O. The summed E-state index contributed by atoms with van der Waals surface area (Å²) in [5.74, 6) is 6.47.